The summed E-state index contributed by atoms with van der Waals surface area (Å²) >= 11 is 0. The van der Waals surface area contributed by atoms with Crippen LogP contribution in [0.4, 0.5) is 0 Å². The number of carbonyl (C=O) groups is 2. The predicted molar refractivity (Wildman–Crippen MR) is 63.2 cm³/mol. The summed E-state index contributed by atoms with van der Waals surface area (Å²) in [7, 11) is 2.72. The standard InChI is InChI=1S/C13H22O4/c1-13(2,3)8-6-9(11(14)16-4)10(7-8)12(15)17-5/h8-10H,6-7H2,1-5H3. The van der Waals surface area contributed by atoms with Crippen LogP contribution in [-0.4, -0.2) is 26.2 Å². The SMILES string of the molecule is COC(=O)C1CC(C(C)(C)C)CC1C(=O)OC. The lowest BCUT2D eigenvalue weighted by Crippen LogP contribution is -2.27. The monoisotopic (exact) mass is 242 g/mol. The second-order valence-corrected chi connectivity index (χ2v) is 5.79. The molecule has 0 N–H and O–H groups in total. The van der Waals surface area contributed by atoms with Crippen LogP contribution in [0.1, 0.15) is 33.6 Å². The molecule has 98 valence electrons. The molecule has 2 unspecified atom stereocenters. The molecule has 0 aromatic rings. The van der Waals surface area contributed by atoms with Crippen molar-refractivity contribution < 1.29 is 19.1 Å². The molecule has 0 bridgehead atoms. The lowest BCUT2D eigenvalue weighted by atomic mass is 9.79. The van der Waals surface area contributed by atoms with Crippen LogP contribution in [0.2, 0.25) is 0 Å². The van der Waals surface area contributed by atoms with Crippen molar-refractivity contribution in [2.75, 3.05) is 14.2 Å². The molecule has 1 aliphatic rings. The van der Waals surface area contributed by atoms with E-state index in [1.165, 1.54) is 14.2 Å². The Morgan fingerprint density at radius 1 is 0.941 bits per heavy atom. The zero-order valence-corrected chi connectivity index (χ0v) is 11.3. The van der Waals surface area contributed by atoms with Crippen LogP contribution < -0.4 is 0 Å². The molecule has 0 amide bonds. The first kappa shape index (κ1) is 14.0. The molecule has 0 spiro atoms. The average molecular weight is 242 g/mol. The van der Waals surface area contributed by atoms with E-state index in [0.717, 1.165) is 0 Å². The molecule has 0 aliphatic heterocycles. The fraction of sp³-hybridized carbons (Fsp3) is 0.846. The Bertz CT molecular complexity index is 279. The summed E-state index contributed by atoms with van der Waals surface area (Å²) in [6.07, 6.45) is 1.41. The molecular weight excluding hydrogens is 220 g/mol. The summed E-state index contributed by atoms with van der Waals surface area (Å²) in [6, 6.07) is 0. The van der Waals surface area contributed by atoms with E-state index >= 15 is 0 Å². The Morgan fingerprint density at radius 3 is 1.53 bits per heavy atom. The van der Waals surface area contributed by atoms with E-state index in [-0.39, 0.29) is 29.2 Å². The molecule has 0 aromatic heterocycles. The Labute approximate surface area is 103 Å². The van der Waals surface area contributed by atoms with Crippen molar-refractivity contribution in [1.29, 1.82) is 0 Å². The highest BCUT2D eigenvalue weighted by Crippen LogP contribution is 2.46. The minimum Gasteiger partial charge on any atom is -0.469 e. The van der Waals surface area contributed by atoms with Gasteiger partial charge >= 0.3 is 11.9 Å². The predicted octanol–water partition coefficient (Wildman–Crippen LogP) is 2.02. The molecular formula is C13H22O4. The third-order valence-electron chi connectivity index (χ3n) is 3.80. The van der Waals surface area contributed by atoms with E-state index < -0.39 is 0 Å². The smallest absolute Gasteiger partial charge is 0.309 e. The summed E-state index contributed by atoms with van der Waals surface area (Å²) in [4.78, 5) is 23.4. The van der Waals surface area contributed by atoms with Gasteiger partial charge in [-0.05, 0) is 24.2 Å². The number of esters is 2. The number of carbonyl (C=O) groups excluding carboxylic acids is 2. The van der Waals surface area contributed by atoms with Gasteiger partial charge in [0, 0.05) is 0 Å². The highest BCUT2D eigenvalue weighted by molar-refractivity contribution is 5.82. The van der Waals surface area contributed by atoms with Gasteiger partial charge in [0.1, 0.15) is 0 Å². The van der Waals surface area contributed by atoms with E-state index in [4.69, 9.17) is 9.47 Å². The normalized spacial score (nSPS) is 28.9. The van der Waals surface area contributed by atoms with Crippen molar-refractivity contribution in [2.45, 2.75) is 33.6 Å². The molecule has 0 saturated heterocycles. The minimum atomic E-state index is -0.350. The van der Waals surface area contributed by atoms with Gasteiger partial charge in [-0.2, -0.15) is 0 Å². The molecule has 0 aromatic carbocycles. The number of rotatable bonds is 2. The van der Waals surface area contributed by atoms with E-state index in [1.807, 2.05) is 0 Å². The lowest BCUT2D eigenvalue weighted by molar-refractivity contribution is -0.156. The van der Waals surface area contributed by atoms with E-state index in [9.17, 15) is 9.59 Å². The zero-order chi connectivity index (χ0) is 13.2. The Balaban J connectivity index is 2.87. The Morgan fingerprint density at radius 2 is 1.29 bits per heavy atom. The lowest BCUT2D eigenvalue weighted by Gasteiger charge is -2.26. The third kappa shape index (κ3) is 2.99. The third-order valence-corrected chi connectivity index (χ3v) is 3.80. The largest absolute Gasteiger partial charge is 0.469 e. The molecule has 1 rings (SSSR count). The van der Waals surface area contributed by atoms with Gasteiger partial charge in [-0.1, -0.05) is 20.8 Å². The molecule has 1 fully saturated rings. The van der Waals surface area contributed by atoms with E-state index in [0.29, 0.717) is 18.8 Å². The second-order valence-electron chi connectivity index (χ2n) is 5.79. The van der Waals surface area contributed by atoms with Gasteiger partial charge in [-0.15, -0.1) is 0 Å². The summed E-state index contributed by atoms with van der Waals surface area (Å²) in [5.74, 6) is -0.955. The second kappa shape index (κ2) is 5.07. The van der Waals surface area contributed by atoms with Crippen LogP contribution >= 0.6 is 0 Å². The summed E-state index contributed by atoms with van der Waals surface area (Å²) in [5, 5.41) is 0. The molecule has 4 nitrogen and oxygen atoms in total. The maximum absolute atomic E-state index is 11.7. The van der Waals surface area contributed by atoms with Gasteiger partial charge in [-0.3, -0.25) is 9.59 Å². The molecule has 0 radical (unpaired) electrons. The molecule has 1 aliphatic carbocycles. The van der Waals surface area contributed by atoms with E-state index in [1.54, 1.807) is 0 Å². The number of ether oxygens (including phenoxy) is 2. The van der Waals surface area contributed by atoms with Crippen molar-refractivity contribution in [3.05, 3.63) is 0 Å². The first-order valence-corrected chi connectivity index (χ1v) is 5.97. The fourth-order valence-corrected chi connectivity index (χ4v) is 2.57. The summed E-state index contributed by atoms with van der Waals surface area (Å²) in [5.41, 5.74) is 0.0923. The van der Waals surface area contributed by atoms with Crippen molar-refractivity contribution in [2.24, 2.45) is 23.2 Å². The van der Waals surface area contributed by atoms with Crippen molar-refractivity contribution in [1.82, 2.24) is 0 Å². The number of hydrogen-bond donors (Lipinski definition) is 0. The molecule has 2 atom stereocenters. The van der Waals surface area contributed by atoms with Gasteiger partial charge < -0.3 is 9.47 Å². The first-order chi connectivity index (χ1) is 7.81. The van der Waals surface area contributed by atoms with Crippen molar-refractivity contribution in [3.63, 3.8) is 0 Å². The molecule has 17 heavy (non-hydrogen) atoms. The highest BCUT2D eigenvalue weighted by Gasteiger charge is 2.47. The molecule has 1 saturated carbocycles. The summed E-state index contributed by atoms with van der Waals surface area (Å²) in [6.45, 7) is 6.39. The first-order valence-electron chi connectivity index (χ1n) is 5.97. The van der Waals surface area contributed by atoms with Gasteiger partial charge in [0.25, 0.3) is 0 Å². The van der Waals surface area contributed by atoms with Crippen LogP contribution in [0, 0.1) is 23.2 Å². The Hall–Kier alpha value is -1.06. The van der Waals surface area contributed by atoms with Crippen LogP contribution in [0.15, 0.2) is 0 Å². The highest BCUT2D eigenvalue weighted by atomic mass is 16.5. The van der Waals surface area contributed by atoms with Crippen LogP contribution in [-0.2, 0) is 19.1 Å². The number of methoxy groups -OCH3 is 2. The van der Waals surface area contributed by atoms with Gasteiger partial charge in [0.2, 0.25) is 0 Å². The van der Waals surface area contributed by atoms with E-state index in [2.05, 4.69) is 20.8 Å². The van der Waals surface area contributed by atoms with Gasteiger partial charge in [0.15, 0.2) is 0 Å². The van der Waals surface area contributed by atoms with Gasteiger partial charge in [0.05, 0.1) is 26.1 Å². The maximum atomic E-state index is 11.7. The van der Waals surface area contributed by atoms with Crippen LogP contribution in [0.25, 0.3) is 0 Å². The zero-order valence-electron chi connectivity index (χ0n) is 11.3. The van der Waals surface area contributed by atoms with Gasteiger partial charge in [-0.25, -0.2) is 0 Å². The minimum absolute atomic E-state index is 0.0923. The number of hydrogen-bond acceptors (Lipinski definition) is 4. The Kier molecular flexibility index (Phi) is 4.17. The van der Waals surface area contributed by atoms with Crippen LogP contribution in [0.5, 0.6) is 0 Å². The van der Waals surface area contributed by atoms with Crippen molar-refractivity contribution >= 4 is 11.9 Å². The maximum Gasteiger partial charge on any atom is 0.309 e. The van der Waals surface area contributed by atoms with Crippen LogP contribution in [0.3, 0.4) is 0 Å². The summed E-state index contributed by atoms with van der Waals surface area (Å²) < 4.78 is 9.55. The molecule has 0 heterocycles. The molecule has 4 heteroatoms. The fourth-order valence-electron chi connectivity index (χ4n) is 2.57. The average Bonchev–Trinajstić information content (AvgIpc) is 2.71. The quantitative estimate of drug-likeness (QED) is 0.695. The topological polar surface area (TPSA) is 52.6 Å². The van der Waals surface area contributed by atoms with Crippen molar-refractivity contribution in [3.8, 4) is 0 Å².